The predicted molar refractivity (Wildman–Crippen MR) is 120 cm³/mol. The Morgan fingerprint density at radius 1 is 1.00 bits per heavy atom. The van der Waals surface area contributed by atoms with Crippen molar-refractivity contribution < 1.29 is 14.5 Å². The smallest absolute Gasteiger partial charge is 0.270 e. The highest BCUT2D eigenvalue weighted by molar-refractivity contribution is 7.14. The van der Waals surface area contributed by atoms with Crippen LogP contribution in [-0.4, -0.2) is 22.4 Å². The van der Waals surface area contributed by atoms with E-state index in [1.807, 2.05) is 54.6 Å². The van der Waals surface area contributed by atoms with E-state index in [-0.39, 0.29) is 18.2 Å². The Labute approximate surface area is 182 Å². The molecule has 8 heteroatoms. The number of amides is 1. The van der Waals surface area contributed by atoms with E-state index in [4.69, 9.17) is 4.74 Å². The Morgan fingerprint density at radius 3 is 2.55 bits per heavy atom. The summed E-state index contributed by atoms with van der Waals surface area (Å²) in [7, 11) is 0. The highest BCUT2D eigenvalue weighted by Crippen LogP contribution is 2.30. The zero-order valence-corrected chi connectivity index (χ0v) is 17.0. The van der Waals surface area contributed by atoms with E-state index < -0.39 is 4.92 Å². The van der Waals surface area contributed by atoms with Crippen LogP contribution in [0.25, 0.3) is 22.4 Å². The lowest BCUT2D eigenvalue weighted by atomic mass is 10.1. The van der Waals surface area contributed by atoms with Crippen LogP contribution in [0.5, 0.6) is 5.75 Å². The summed E-state index contributed by atoms with van der Waals surface area (Å²) in [4.78, 5) is 27.2. The molecule has 0 atom stereocenters. The molecule has 0 saturated heterocycles. The minimum atomic E-state index is -0.455. The molecule has 154 valence electrons. The largest absolute Gasteiger partial charge is 0.483 e. The normalized spacial score (nSPS) is 10.5. The van der Waals surface area contributed by atoms with Gasteiger partial charge in [0.1, 0.15) is 5.75 Å². The van der Waals surface area contributed by atoms with Gasteiger partial charge >= 0.3 is 0 Å². The van der Waals surface area contributed by atoms with E-state index in [1.54, 1.807) is 17.5 Å². The molecule has 3 aromatic carbocycles. The molecule has 7 nitrogen and oxygen atoms in total. The van der Waals surface area contributed by atoms with Crippen LogP contribution in [0.2, 0.25) is 0 Å². The van der Waals surface area contributed by atoms with Crippen LogP contribution in [-0.2, 0) is 4.79 Å². The number of nitro groups is 1. The number of hydrogen-bond acceptors (Lipinski definition) is 6. The number of para-hydroxylation sites is 1. The number of nitrogens with zero attached hydrogens (tertiary/aromatic N) is 2. The number of thiazole rings is 1. The maximum absolute atomic E-state index is 12.4. The molecule has 0 unspecified atom stereocenters. The van der Waals surface area contributed by atoms with Gasteiger partial charge < -0.3 is 4.74 Å². The Bertz CT molecular complexity index is 1220. The summed E-state index contributed by atoms with van der Waals surface area (Å²) in [5, 5.41) is 15.8. The average Bonchev–Trinajstić information content (AvgIpc) is 3.27. The maximum atomic E-state index is 12.4. The van der Waals surface area contributed by atoms with Gasteiger partial charge in [0, 0.05) is 28.6 Å². The van der Waals surface area contributed by atoms with Crippen molar-refractivity contribution in [1.29, 1.82) is 0 Å². The molecule has 4 aromatic rings. The van der Waals surface area contributed by atoms with Crippen LogP contribution in [0, 0.1) is 10.1 Å². The molecule has 31 heavy (non-hydrogen) atoms. The van der Waals surface area contributed by atoms with Gasteiger partial charge in [-0.3, -0.25) is 20.2 Å². The first-order chi connectivity index (χ1) is 15.1. The summed E-state index contributed by atoms with van der Waals surface area (Å²) in [5.41, 5.74) is 3.05. The van der Waals surface area contributed by atoms with Crippen molar-refractivity contribution in [2.24, 2.45) is 0 Å². The van der Waals surface area contributed by atoms with E-state index >= 15 is 0 Å². The van der Waals surface area contributed by atoms with Gasteiger partial charge in [0.05, 0.1) is 10.6 Å². The average molecular weight is 431 g/mol. The van der Waals surface area contributed by atoms with E-state index in [9.17, 15) is 14.9 Å². The summed E-state index contributed by atoms with van der Waals surface area (Å²) in [6.45, 7) is -0.171. The van der Waals surface area contributed by atoms with Gasteiger partial charge in [-0.05, 0) is 11.6 Å². The minimum Gasteiger partial charge on any atom is -0.483 e. The molecular formula is C23H17N3O4S. The third-order valence-electron chi connectivity index (χ3n) is 4.43. The third kappa shape index (κ3) is 4.93. The molecule has 0 radical (unpaired) electrons. The molecule has 1 amide bonds. The van der Waals surface area contributed by atoms with Gasteiger partial charge in [-0.15, -0.1) is 11.3 Å². The van der Waals surface area contributed by atoms with Gasteiger partial charge in [-0.2, -0.15) is 0 Å². The molecule has 0 aliphatic heterocycles. The lowest BCUT2D eigenvalue weighted by Crippen LogP contribution is -2.20. The van der Waals surface area contributed by atoms with E-state index in [2.05, 4.69) is 10.3 Å². The number of anilines is 1. The number of nitro benzene ring substituents is 1. The Morgan fingerprint density at radius 2 is 1.74 bits per heavy atom. The molecule has 0 fully saturated rings. The van der Waals surface area contributed by atoms with Crippen molar-refractivity contribution in [3.8, 4) is 28.1 Å². The van der Waals surface area contributed by atoms with Crippen molar-refractivity contribution in [1.82, 2.24) is 4.98 Å². The molecular weight excluding hydrogens is 414 g/mol. The van der Waals surface area contributed by atoms with Crippen LogP contribution in [0.15, 0.2) is 84.2 Å². The summed E-state index contributed by atoms with van der Waals surface area (Å²) in [5.74, 6) is 0.267. The topological polar surface area (TPSA) is 94.4 Å². The van der Waals surface area contributed by atoms with Crippen molar-refractivity contribution >= 4 is 28.1 Å². The quantitative estimate of drug-likeness (QED) is 0.312. The molecule has 0 spiro atoms. The number of carbonyl (C=O) groups excluding carboxylic acids is 1. The van der Waals surface area contributed by atoms with E-state index in [0.29, 0.717) is 22.1 Å². The molecule has 1 N–H and O–H groups in total. The molecule has 1 heterocycles. The molecule has 4 rings (SSSR count). The number of rotatable bonds is 7. The Hall–Kier alpha value is -4.04. The second-order valence-electron chi connectivity index (χ2n) is 6.54. The minimum absolute atomic E-state index is 0.0124. The van der Waals surface area contributed by atoms with Crippen LogP contribution < -0.4 is 10.1 Å². The molecule has 0 aliphatic rings. The number of hydrogen-bond donors (Lipinski definition) is 1. The molecule has 0 aliphatic carbocycles. The van der Waals surface area contributed by atoms with Crippen LogP contribution >= 0.6 is 11.3 Å². The highest BCUT2D eigenvalue weighted by Gasteiger charge is 2.13. The predicted octanol–water partition coefficient (Wildman–Crippen LogP) is 5.40. The van der Waals surface area contributed by atoms with Gasteiger partial charge in [0.2, 0.25) is 0 Å². The van der Waals surface area contributed by atoms with Crippen LogP contribution in [0.3, 0.4) is 0 Å². The summed E-state index contributed by atoms with van der Waals surface area (Å²) >= 11 is 1.24. The van der Waals surface area contributed by atoms with Gasteiger partial charge in [-0.1, -0.05) is 60.7 Å². The fraction of sp³-hybridized carbons (Fsp3) is 0.0435. The lowest BCUT2D eigenvalue weighted by Gasteiger charge is -2.11. The second kappa shape index (κ2) is 9.19. The zero-order chi connectivity index (χ0) is 21.6. The fourth-order valence-corrected chi connectivity index (χ4v) is 3.73. The lowest BCUT2D eigenvalue weighted by molar-refractivity contribution is -0.384. The number of nitrogens with one attached hydrogen (secondary N) is 1. The Kier molecular flexibility index (Phi) is 6.00. The monoisotopic (exact) mass is 431 g/mol. The van der Waals surface area contributed by atoms with Gasteiger partial charge in [-0.25, -0.2) is 4.98 Å². The van der Waals surface area contributed by atoms with Gasteiger partial charge in [0.25, 0.3) is 11.6 Å². The molecule has 0 bridgehead atoms. The number of non-ortho nitro benzene ring substituents is 1. The van der Waals surface area contributed by atoms with Crippen molar-refractivity contribution in [2.45, 2.75) is 0 Å². The van der Waals surface area contributed by atoms with Crippen molar-refractivity contribution in [3.63, 3.8) is 0 Å². The number of carbonyl (C=O) groups is 1. The summed E-state index contributed by atoms with van der Waals surface area (Å²) < 4.78 is 5.75. The van der Waals surface area contributed by atoms with Crippen molar-refractivity contribution in [2.75, 3.05) is 11.9 Å². The van der Waals surface area contributed by atoms with Crippen molar-refractivity contribution in [3.05, 3.63) is 94.4 Å². The van der Waals surface area contributed by atoms with E-state index in [0.717, 1.165) is 11.1 Å². The Balaban J connectivity index is 1.41. The summed E-state index contributed by atoms with van der Waals surface area (Å²) in [6.07, 6.45) is 0. The highest BCUT2D eigenvalue weighted by atomic mass is 32.1. The van der Waals surface area contributed by atoms with Crippen LogP contribution in [0.4, 0.5) is 10.8 Å². The standard InChI is InChI=1S/C23H17N3O4S/c27-22(14-30-21-12-5-4-11-19(21)16-7-2-1-3-8-16)25-23-24-20(15-31-23)17-9-6-10-18(13-17)26(28)29/h1-13,15H,14H2,(H,24,25,27). The van der Waals surface area contributed by atoms with E-state index in [1.165, 1.54) is 23.5 Å². The number of ether oxygens (including phenoxy) is 1. The SMILES string of the molecule is O=C(COc1ccccc1-c1ccccc1)Nc1nc(-c2cccc([N+](=O)[O-])c2)cs1. The second-order valence-corrected chi connectivity index (χ2v) is 7.40. The first kappa shape index (κ1) is 20.2. The summed E-state index contributed by atoms with van der Waals surface area (Å²) in [6, 6.07) is 23.5. The fourth-order valence-electron chi connectivity index (χ4n) is 2.99. The van der Waals surface area contributed by atoms with Crippen LogP contribution in [0.1, 0.15) is 0 Å². The number of benzene rings is 3. The van der Waals surface area contributed by atoms with Gasteiger partial charge in [0.15, 0.2) is 11.7 Å². The zero-order valence-electron chi connectivity index (χ0n) is 16.2. The first-order valence-corrected chi connectivity index (χ1v) is 10.3. The number of aromatic nitrogens is 1. The molecule has 1 aromatic heterocycles. The third-order valence-corrected chi connectivity index (χ3v) is 5.19. The maximum Gasteiger partial charge on any atom is 0.270 e. The molecule has 0 saturated carbocycles. The first-order valence-electron chi connectivity index (χ1n) is 9.37.